The predicted molar refractivity (Wildman–Crippen MR) is 258 cm³/mol. The minimum Gasteiger partial charge on any atom is -0.507 e. The van der Waals surface area contributed by atoms with E-state index in [9.17, 15) is 5.11 Å². The number of imidazole rings is 1. The average Bonchev–Trinajstić information content (AvgIpc) is 3.91. The van der Waals surface area contributed by atoms with Crippen LogP contribution in [0, 0.1) is 6.07 Å². The van der Waals surface area contributed by atoms with E-state index in [1.165, 1.54) is 5.56 Å². The van der Waals surface area contributed by atoms with Crippen LogP contribution in [0.3, 0.4) is 0 Å². The molecule has 11 rings (SSSR count). The van der Waals surface area contributed by atoms with Crippen LogP contribution >= 0.6 is 0 Å². The molecule has 0 radical (unpaired) electrons. The smallest absolute Gasteiger partial charge is 0.148 e. The second kappa shape index (κ2) is 16.4. The van der Waals surface area contributed by atoms with Crippen molar-refractivity contribution in [3.05, 3.63) is 206 Å². The third-order valence-corrected chi connectivity index (χ3v) is 12.1. The first-order chi connectivity index (χ1) is 30.8. The van der Waals surface area contributed by atoms with E-state index in [-0.39, 0.29) is 32.2 Å². The van der Waals surface area contributed by atoms with Crippen molar-refractivity contribution in [2.45, 2.75) is 26.2 Å². The molecule has 0 saturated carbocycles. The second-order valence-corrected chi connectivity index (χ2v) is 17.1. The van der Waals surface area contributed by atoms with Gasteiger partial charge in [-0.3, -0.25) is 9.55 Å². The molecule has 0 atom stereocenters. The van der Waals surface area contributed by atoms with Crippen LogP contribution < -0.4 is 0 Å². The largest absolute Gasteiger partial charge is 0.507 e. The number of aromatic nitrogens is 3. The number of phenolic OH excluding ortho intramolecular Hbond substituents is 1. The number of fused-ring (bicyclic) bond motifs is 4. The molecule has 0 unspecified atom stereocenters. The zero-order chi connectivity index (χ0) is 42.7. The molecule has 11 aromatic rings. The summed E-state index contributed by atoms with van der Waals surface area (Å²) in [5.41, 5.74) is 15.8. The Hall–Kier alpha value is -7.33. The van der Waals surface area contributed by atoms with E-state index in [2.05, 4.69) is 177 Å². The molecule has 5 nitrogen and oxygen atoms in total. The van der Waals surface area contributed by atoms with Crippen LogP contribution in [0.2, 0.25) is 0 Å². The van der Waals surface area contributed by atoms with E-state index in [1.807, 2.05) is 42.6 Å². The summed E-state index contributed by atoms with van der Waals surface area (Å²) in [6.45, 7) is 6.70. The van der Waals surface area contributed by atoms with Crippen LogP contribution in [0.4, 0.5) is 0 Å². The molecule has 8 aromatic carbocycles. The van der Waals surface area contributed by atoms with Crippen molar-refractivity contribution in [2.75, 3.05) is 0 Å². The van der Waals surface area contributed by atoms with Gasteiger partial charge in [-0.05, 0) is 69.0 Å². The number of hydrogen-bond acceptors (Lipinski definition) is 4. The van der Waals surface area contributed by atoms with Gasteiger partial charge in [-0.15, -0.1) is 17.7 Å². The second-order valence-electron chi connectivity index (χ2n) is 17.1. The fraction of sp³-hybridized carbons (Fsp3) is 0.0690. The van der Waals surface area contributed by atoms with Gasteiger partial charge < -0.3 is 9.52 Å². The van der Waals surface area contributed by atoms with Gasteiger partial charge in [0.1, 0.15) is 17.2 Å². The molecule has 1 N–H and O–H groups in total. The van der Waals surface area contributed by atoms with Gasteiger partial charge in [0.2, 0.25) is 0 Å². The van der Waals surface area contributed by atoms with Crippen molar-refractivity contribution in [3.63, 3.8) is 0 Å². The minimum absolute atomic E-state index is 0. The minimum atomic E-state index is 0. The SMILES string of the molecule is CC(C)(C)c1ccc(-c2ccnc(-c3[c-]c(-c4cccc5c4nc(-c4ccccc4O)n5-c4ccccc4-c4ccccc4)cc4c3oc3c(-c5ccccc5)cccc34)c2)cc1.[Pt]. The maximum absolute atomic E-state index is 11.4. The molecule has 0 aliphatic rings. The molecule has 0 spiro atoms. The van der Waals surface area contributed by atoms with E-state index in [0.29, 0.717) is 17.0 Å². The number of nitrogens with zero attached hydrogens (tertiary/aromatic N) is 3. The van der Waals surface area contributed by atoms with E-state index in [4.69, 9.17) is 14.4 Å². The summed E-state index contributed by atoms with van der Waals surface area (Å²) in [6, 6.07) is 68.2. The number of rotatable bonds is 7. The summed E-state index contributed by atoms with van der Waals surface area (Å²) in [6.07, 6.45) is 1.87. The Bertz CT molecular complexity index is 3490. The maximum atomic E-state index is 11.4. The molecule has 3 aromatic heterocycles. The fourth-order valence-corrected chi connectivity index (χ4v) is 8.85. The number of aromatic hydroxyl groups is 1. The molecule has 0 amide bonds. The maximum Gasteiger partial charge on any atom is 0.148 e. The molecule has 0 aliphatic carbocycles. The first-order valence-corrected chi connectivity index (χ1v) is 21.3. The van der Waals surface area contributed by atoms with E-state index < -0.39 is 0 Å². The molecule has 3 heterocycles. The molecular weight excluding hydrogens is 966 g/mol. The van der Waals surface area contributed by atoms with Gasteiger partial charge in [0, 0.05) is 49.5 Å². The topological polar surface area (TPSA) is 64.1 Å². The van der Waals surface area contributed by atoms with Gasteiger partial charge in [-0.1, -0.05) is 184 Å². The van der Waals surface area contributed by atoms with Gasteiger partial charge in [-0.25, -0.2) is 4.98 Å². The van der Waals surface area contributed by atoms with Crippen molar-refractivity contribution in [1.82, 2.24) is 14.5 Å². The molecule has 312 valence electrons. The van der Waals surface area contributed by atoms with Crippen LogP contribution in [0.1, 0.15) is 26.3 Å². The predicted octanol–water partition coefficient (Wildman–Crippen LogP) is 15.1. The number of para-hydroxylation sites is 4. The van der Waals surface area contributed by atoms with Gasteiger partial charge >= 0.3 is 0 Å². The Morgan fingerprint density at radius 2 is 1.19 bits per heavy atom. The zero-order valence-corrected chi connectivity index (χ0v) is 37.8. The molecule has 0 aliphatic heterocycles. The van der Waals surface area contributed by atoms with Gasteiger partial charge in [-0.2, -0.15) is 0 Å². The average molecular weight is 1010 g/mol. The number of hydrogen-bond donors (Lipinski definition) is 1. The van der Waals surface area contributed by atoms with E-state index >= 15 is 0 Å². The first kappa shape index (κ1) is 40.7. The van der Waals surface area contributed by atoms with Crippen LogP contribution in [0.5, 0.6) is 5.75 Å². The standard InChI is InChI=1S/C58H42N3O2.Pt/c1-58(2,3)42-30-28-37(29-31-42)40-32-33-59-50(36-40)49-35-41(34-48-46-24-14-23-45(55(46)63-56(48)49)39-18-8-5-9-19-39)44-22-15-26-52-54(44)60-57(47-21-11-13-27-53(47)62)61(52)51-25-12-10-20-43(51)38-16-6-4-7-17-38;/h4-34,36,62H,1-3H3;/q-1;. The molecule has 6 heteroatoms. The van der Waals surface area contributed by atoms with Crippen molar-refractivity contribution < 1.29 is 30.6 Å². The molecular formula is C58H42N3O2Pt-. The van der Waals surface area contributed by atoms with Crippen LogP contribution in [0.25, 0.3) is 106 Å². The summed E-state index contributed by atoms with van der Waals surface area (Å²) in [7, 11) is 0. The Balaban J connectivity index is 0.00000484. The monoisotopic (exact) mass is 1010 g/mol. The van der Waals surface area contributed by atoms with Gasteiger partial charge in [0.15, 0.2) is 0 Å². The van der Waals surface area contributed by atoms with E-state index in [1.54, 1.807) is 6.07 Å². The van der Waals surface area contributed by atoms with Gasteiger partial charge in [0.25, 0.3) is 0 Å². The Morgan fingerprint density at radius 1 is 0.547 bits per heavy atom. The molecule has 64 heavy (non-hydrogen) atoms. The summed E-state index contributed by atoms with van der Waals surface area (Å²) in [5, 5.41) is 13.3. The van der Waals surface area contributed by atoms with E-state index in [0.717, 1.165) is 88.8 Å². The summed E-state index contributed by atoms with van der Waals surface area (Å²) >= 11 is 0. The Labute approximate surface area is 386 Å². The zero-order valence-electron chi connectivity index (χ0n) is 35.5. The Morgan fingerprint density at radius 3 is 1.92 bits per heavy atom. The normalized spacial score (nSPS) is 11.6. The van der Waals surface area contributed by atoms with Crippen molar-refractivity contribution in [3.8, 4) is 78.6 Å². The molecule has 0 saturated heterocycles. The van der Waals surface area contributed by atoms with Gasteiger partial charge in [0.05, 0.1) is 27.9 Å². The molecule has 0 fully saturated rings. The number of benzene rings is 8. The van der Waals surface area contributed by atoms with Crippen molar-refractivity contribution in [2.24, 2.45) is 0 Å². The quantitative estimate of drug-likeness (QED) is 0.162. The number of phenols is 1. The third kappa shape index (κ3) is 7.12. The van der Waals surface area contributed by atoms with Crippen molar-refractivity contribution in [1.29, 1.82) is 0 Å². The Kier molecular flexibility index (Phi) is 10.4. The van der Waals surface area contributed by atoms with Crippen LogP contribution in [-0.4, -0.2) is 19.6 Å². The summed E-state index contributed by atoms with van der Waals surface area (Å²) in [4.78, 5) is 10.4. The third-order valence-electron chi connectivity index (χ3n) is 12.1. The van der Waals surface area contributed by atoms with Crippen LogP contribution in [0.15, 0.2) is 199 Å². The first-order valence-electron chi connectivity index (χ1n) is 21.3. The number of pyridine rings is 1. The summed E-state index contributed by atoms with van der Waals surface area (Å²) in [5.74, 6) is 0.787. The fourth-order valence-electron chi connectivity index (χ4n) is 8.85. The number of furan rings is 1. The summed E-state index contributed by atoms with van der Waals surface area (Å²) < 4.78 is 9.16. The van der Waals surface area contributed by atoms with Crippen molar-refractivity contribution >= 4 is 33.0 Å². The van der Waals surface area contributed by atoms with Crippen LogP contribution in [-0.2, 0) is 26.5 Å². The molecule has 0 bridgehead atoms.